The van der Waals surface area contributed by atoms with Crippen LogP contribution in [0, 0.1) is 5.82 Å². The second-order valence-electron chi connectivity index (χ2n) is 11.2. The molecule has 1 fully saturated rings. The van der Waals surface area contributed by atoms with Gasteiger partial charge in [-0.3, -0.25) is 9.69 Å². The van der Waals surface area contributed by atoms with E-state index in [0.29, 0.717) is 61.6 Å². The molecule has 0 saturated carbocycles. The normalized spacial score (nSPS) is 20.3. The first-order valence-electron chi connectivity index (χ1n) is 14.2. The van der Waals surface area contributed by atoms with E-state index < -0.39 is 34.9 Å². The number of rotatable bonds is 7. The number of alkyl halides is 3. The molecule has 3 aromatic rings. The van der Waals surface area contributed by atoms with E-state index in [-0.39, 0.29) is 23.3 Å². The summed E-state index contributed by atoms with van der Waals surface area (Å²) in [4.78, 5) is 28.6. The molecule has 0 bridgehead atoms. The molecule has 2 aliphatic rings. The van der Waals surface area contributed by atoms with E-state index in [0.717, 1.165) is 6.20 Å². The second-order valence-corrected chi connectivity index (χ2v) is 11.2. The Morgan fingerprint density at radius 2 is 1.80 bits per heavy atom. The number of likely N-dealkylation sites (N-methyl/N-ethyl adjacent to an activating group) is 1. The molecule has 0 aliphatic carbocycles. The largest absolute Gasteiger partial charge is 0.494 e. The molecule has 44 heavy (non-hydrogen) atoms. The van der Waals surface area contributed by atoms with E-state index in [1.165, 1.54) is 19.2 Å². The van der Waals surface area contributed by atoms with E-state index in [2.05, 4.69) is 25.2 Å². The van der Waals surface area contributed by atoms with Crippen LogP contribution in [0.2, 0.25) is 0 Å². The fraction of sp³-hybridized carbons (Fsp3) is 0.433. The van der Waals surface area contributed by atoms with Crippen molar-refractivity contribution in [2.45, 2.75) is 44.8 Å². The third kappa shape index (κ3) is 6.50. The molecule has 0 spiro atoms. The number of nitrogens with one attached hydrogen (secondary N) is 2. The van der Waals surface area contributed by atoms with Gasteiger partial charge in [-0.1, -0.05) is 6.08 Å². The van der Waals surface area contributed by atoms with Crippen LogP contribution in [0.3, 0.4) is 0 Å². The van der Waals surface area contributed by atoms with Gasteiger partial charge in [0.1, 0.15) is 5.82 Å². The number of nitrogens with zero attached hydrogens (tertiary/aromatic N) is 5. The maximum absolute atomic E-state index is 15.9. The number of hydrogen-bond donors (Lipinski definition) is 3. The topological polar surface area (TPSA) is 110 Å². The van der Waals surface area contributed by atoms with Crippen LogP contribution >= 0.6 is 0 Å². The molecule has 236 valence electrons. The number of benzene rings is 1. The number of methoxy groups -OCH3 is 1. The van der Waals surface area contributed by atoms with Gasteiger partial charge < -0.3 is 29.9 Å². The molecule has 1 saturated heterocycles. The highest BCUT2D eigenvalue weighted by Crippen LogP contribution is 2.39. The van der Waals surface area contributed by atoms with Crippen LogP contribution in [-0.2, 0) is 6.18 Å². The van der Waals surface area contributed by atoms with Crippen molar-refractivity contribution in [1.29, 1.82) is 0 Å². The van der Waals surface area contributed by atoms with E-state index in [4.69, 9.17) is 4.74 Å². The van der Waals surface area contributed by atoms with E-state index in [1.807, 2.05) is 36.8 Å². The fourth-order valence-electron chi connectivity index (χ4n) is 5.64. The number of aromatic amines is 1. The molecule has 0 amide bonds. The van der Waals surface area contributed by atoms with Gasteiger partial charge in [-0.05, 0) is 45.0 Å². The zero-order valence-corrected chi connectivity index (χ0v) is 24.8. The number of aliphatic hydroxyl groups excluding tert-OH is 1. The van der Waals surface area contributed by atoms with Crippen molar-refractivity contribution in [3.05, 3.63) is 75.7 Å². The highest BCUT2D eigenvalue weighted by Gasteiger charge is 2.36. The van der Waals surface area contributed by atoms with Crippen LogP contribution in [0.1, 0.15) is 43.2 Å². The van der Waals surface area contributed by atoms with Crippen LogP contribution in [0.4, 0.5) is 34.9 Å². The quantitative estimate of drug-likeness (QED) is 0.265. The Bertz CT molecular complexity index is 1570. The Labute approximate surface area is 252 Å². The van der Waals surface area contributed by atoms with Crippen molar-refractivity contribution >= 4 is 22.9 Å². The highest BCUT2D eigenvalue weighted by atomic mass is 19.4. The first-order chi connectivity index (χ1) is 20.8. The molecule has 1 aromatic carbocycles. The lowest BCUT2D eigenvalue weighted by Gasteiger charge is -2.44. The number of piperazine rings is 1. The van der Waals surface area contributed by atoms with Gasteiger partial charge in [0.15, 0.2) is 12.0 Å². The molecule has 3 N–H and O–H groups in total. The summed E-state index contributed by atoms with van der Waals surface area (Å²) in [5.74, 6) is 0.543. The molecule has 5 rings (SSSR count). The summed E-state index contributed by atoms with van der Waals surface area (Å²) in [6, 6.07) is 3.54. The molecule has 2 aromatic heterocycles. The van der Waals surface area contributed by atoms with Crippen molar-refractivity contribution in [1.82, 2.24) is 19.9 Å². The van der Waals surface area contributed by atoms with Crippen molar-refractivity contribution in [3.63, 3.8) is 0 Å². The first kappa shape index (κ1) is 31.3. The van der Waals surface area contributed by atoms with E-state index >= 15 is 4.39 Å². The lowest BCUT2D eigenvalue weighted by molar-refractivity contribution is -0.139. The summed E-state index contributed by atoms with van der Waals surface area (Å²) >= 11 is 0. The summed E-state index contributed by atoms with van der Waals surface area (Å²) in [6.45, 7) is 6.07. The molecular weight excluding hydrogens is 582 g/mol. The van der Waals surface area contributed by atoms with Gasteiger partial charge in [-0.25, -0.2) is 14.4 Å². The monoisotopic (exact) mass is 617 g/mol. The number of hydrogen-bond acceptors (Lipinski definition) is 9. The zero-order valence-electron chi connectivity index (χ0n) is 24.8. The summed E-state index contributed by atoms with van der Waals surface area (Å²) in [7, 11) is 3.53. The molecule has 4 heterocycles. The third-order valence-electron chi connectivity index (χ3n) is 8.32. The Hall–Kier alpha value is -4.17. The van der Waals surface area contributed by atoms with Crippen molar-refractivity contribution in [2.24, 2.45) is 0 Å². The van der Waals surface area contributed by atoms with Crippen LogP contribution in [-0.4, -0.2) is 77.4 Å². The summed E-state index contributed by atoms with van der Waals surface area (Å²) in [5, 5.41) is 13.8. The van der Waals surface area contributed by atoms with E-state index in [9.17, 15) is 23.1 Å². The third-order valence-corrected chi connectivity index (χ3v) is 8.32. The number of pyridine rings is 1. The molecule has 14 heteroatoms. The minimum absolute atomic E-state index is 0.113. The second kappa shape index (κ2) is 12.4. The standard InChI is InChI=1S/C30H35F4N7O3/c1-17-15-41(16-18(2)39(17)3)26-11-24(31)21(19-5-7-40(8-6-19)29-36-12-20(44-4)13-37-29)9-25(26)38-28(43)22-14-35-27(42)10-23(22)30(32,33)34/h5,9-14,17-18,28,38,43H,6-8,15-16H2,1-4H3,(H,35,42)/t17-,18?,28?/m0/s1. The van der Waals surface area contributed by atoms with Crippen LogP contribution in [0.15, 0.2) is 47.7 Å². The van der Waals surface area contributed by atoms with Crippen molar-refractivity contribution in [2.75, 3.05) is 55.5 Å². The summed E-state index contributed by atoms with van der Waals surface area (Å²) in [6.07, 6.45) is -0.450. The van der Waals surface area contributed by atoms with Gasteiger partial charge >= 0.3 is 6.18 Å². The molecular formula is C30H35F4N7O3. The zero-order chi connectivity index (χ0) is 31.8. The number of aliphatic hydroxyl groups is 1. The number of ether oxygens (including phenoxy) is 1. The Morgan fingerprint density at radius 1 is 1.11 bits per heavy atom. The molecule has 2 unspecified atom stereocenters. The predicted molar refractivity (Wildman–Crippen MR) is 159 cm³/mol. The maximum atomic E-state index is 15.9. The summed E-state index contributed by atoms with van der Waals surface area (Å²) < 4.78 is 62.3. The lowest BCUT2D eigenvalue weighted by Crippen LogP contribution is -2.55. The van der Waals surface area contributed by atoms with Crippen LogP contribution < -0.4 is 25.4 Å². The van der Waals surface area contributed by atoms with Crippen LogP contribution in [0.5, 0.6) is 5.75 Å². The molecule has 10 nitrogen and oxygen atoms in total. The van der Waals surface area contributed by atoms with Crippen LogP contribution in [0.25, 0.3) is 5.57 Å². The van der Waals surface area contributed by atoms with Gasteiger partial charge in [0.05, 0.1) is 36.4 Å². The Kier molecular flexibility index (Phi) is 8.84. The highest BCUT2D eigenvalue weighted by molar-refractivity contribution is 5.79. The smallest absolute Gasteiger partial charge is 0.417 e. The van der Waals surface area contributed by atoms with E-state index in [1.54, 1.807) is 12.4 Å². The van der Waals surface area contributed by atoms with Gasteiger partial charge in [0.25, 0.3) is 0 Å². The number of aromatic nitrogens is 3. The fourth-order valence-corrected chi connectivity index (χ4v) is 5.64. The number of halogens is 4. The van der Waals surface area contributed by atoms with Gasteiger partial charge in [-0.2, -0.15) is 13.2 Å². The molecule has 3 atom stereocenters. The van der Waals surface area contributed by atoms with Gasteiger partial charge in [0, 0.05) is 61.7 Å². The maximum Gasteiger partial charge on any atom is 0.417 e. The minimum Gasteiger partial charge on any atom is -0.494 e. The first-order valence-corrected chi connectivity index (χ1v) is 14.2. The van der Waals surface area contributed by atoms with Crippen molar-refractivity contribution in [3.8, 4) is 5.75 Å². The summed E-state index contributed by atoms with van der Waals surface area (Å²) in [5.41, 5.74) is -1.11. The average Bonchev–Trinajstić information content (AvgIpc) is 3.00. The van der Waals surface area contributed by atoms with Gasteiger partial charge in [0.2, 0.25) is 11.5 Å². The Morgan fingerprint density at radius 3 is 2.39 bits per heavy atom. The predicted octanol–water partition coefficient (Wildman–Crippen LogP) is 4.26. The minimum atomic E-state index is -4.88. The molecule has 0 radical (unpaired) electrons. The number of H-pyrrole nitrogens is 1. The Balaban J connectivity index is 1.50. The number of anilines is 3. The average molecular weight is 618 g/mol. The van der Waals surface area contributed by atoms with Crippen molar-refractivity contribution < 1.29 is 27.4 Å². The lowest BCUT2D eigenvalue weighted by atomic mass is 9.97. The molecule has 2 aliphatic heterocycles. The SMILES string of the molecule is COc1cnc(N2CC=C(c3cc(NC(O)c4c[nH]c(=O)cc4C(F)(F)F)c(N4CC(C)N(C)[C@@H](C)C4)cc3F)CC2)nc1. The van der Waals surface area contributed by atoms with Gasteiger partial charge in [-0.15, -0.1) is 0 Å².